The van der Waals surface area contributed by atoms with E-state index in [1.165, 1.54) is 0 Å². The predicted molar refractivity (Wildman–Crippen MR) is 70.9 cm³/mol. The van der Waals surface area contributed by atoms with Gasteiger partial charge in [-0.05, 0) is 18.1 Å². The molecule has 2 atom stereocenters. The smallest absolute Gasteiger partial charge is 0.308 e. The van der Waals surface area contributed by atoms with Crippen LogP contribution in [0.2, 0.25) is 0 Å². The molecule has 2 heterocycles. The number of carbonyl (C=O) groups excluding carboxylic acids is 1. The molecule has 1 amide bonds. The maximum atomic E-state index is 12.1. The van der Waals surface area contributed by atoms with Gasteiger partial charge in [0.1, 0.15) is 0 Å². The van der Waals surface area contributed by atoms with Crippen LogP contribution in [0.4, 0.5) is 0 Å². The fourth-order valence-corrected chi connectivity index (χ4v) is 2.63. The first-order valence-corrected chi connectivity index (χ1v) is 6.56. The minimum atomic E-state index is -0.881. The molecule has 1 fully saturated rings. The average molecular weight is 278 g/mol. The molecule has 20 heavy (non-hydrogen) atoms. The molecular weight excluding hydrogens is 260 g/mol. The van der Waals surface area contributed by atoms with Gasteiger partial charge in [-0.15, -0.1) is 0 Å². The largest absolute Gasteiger partial charge is 0.481 e. The number of carboxylic acids is 1. The van der Waals surface area contributed by atoms with E-state index in [4.69, 9.17) is 4.74 Å². The number of aliphatic carboxylic acids is 1. The summed E-state index contributed by atoms with van der Waals surface area (Å²) in [5, 5.41) is 9.41. The number of carboxylic acid groups (broad SMARTS) is 1. The van der Waals surface area contributed by atoms with Crippen LogP contribution in [0.3, 0.4) is 0 Å². The van der Waals surface area contributed by atoms with Crippen molar-refractivity contribution in [2.75, 3.05) is 20.3 Å². The van der Waals surface area contributed by atoms with Gasteiger partial charge in [0, 0.05) is 32.5 Å². The second-order valence-electron chi connectivity index (χ2n) is 4.79. The lowest BCUT2D eigenvalue weighted by molar-refractivity contribution is -0.152. The molecule has 1 aromatic heterocycles. The van der Waals surface area contributed by atoms with Gasteiger partial charge >= 0.3 is 5.97 Å². The van der Waals surface area contributed by atoms with Crippen molar-refractivity contribution in [3.8, 4) is 0 Å². The van der Waals surface area contributed by atoms with Gasteiger partial charge in [0.05, 0.1) is 18.6 Å². The summed E-state index contributed by atoms with van der Waals surface area (Å²) in [6, 6.07) is 3.09. The number of hydrogen-bond donors (Lipinski definition) is 1. The van der Waals surface area contributed by atoms with E-state index in [-0.39, 0.29) is 12.3 Å². The van der Waals surface area contributed by atoms with Gasteiger partial charge in [0.2, 0.25) is 5.91 Å². The highest BCUT2D eigenvalue weighted by molar-refractivity contribution is 5.81. The third-order valence-electron chi connectivity index (χ3n) is 3.59. The van der Waals surface area contributed by atoms with Crippen molar-refractivity contribution < 1.29 is 19.4 Å². The van der Waals surface area contributed by atoms with Crippen LogP contribution in [-0.4, -0.2) is 47.1 Å². The van der Waals surface area contributed by atoms with Gasteiger partial charge in [0.25, 0.3) is 0 Å². The zero-order chi connectivity index (χ0) is 14.5. The molecule has 108 valence electrons. The number of piperidine rings is 1. The van der Waals surface area contributed by atoms with Crippen LogP contribution >= 0.6 is 0 Å². The van der Waals surface area contributed by atoms with Crippen molar-refractivity contribution in [3.05, 3.63) is 30.1 Å². The molecule has 0 saturated carbocycles. The lowest BCUT2D eigenvalue weighted by Gasteiger charge is -2.39. The fourth-order valence-electron chi connectivity index (χ4n) is 2.63. The molecule has 2 rings (SSSR count). The standard InChI is InChI=1S/C14H18N2O4/c1-20-8-7-16-12(17)5-4-11(14(18)19)13(16)10-3-2-6-15-9-10/h2-3,6,9,11,13H,4-5,7-8H2,1H3,(H,18,19). The molecule has 1 N–H and O–H groups in total. The summed E-state index contributed by atoms with van der Waals surface area (Å²) in [6.45, 7) is 0.771. The van der Waals surface area contributed by atoms with Gasteiger partial charge < -0.3 is 14.7 Å². The second-order valence-corrected chi connectivity index (χ2v) is 4.79. The Morgan fingerprint density at radius 2 is 2.40 bits per heavy atom. The fraction of sp³-hybridized carbons (Fsp3) is 0.500. The quantitative estimate of drug-likeness (QED) is 0.872. The highest BCUT2D eigenvalue weighted by Crippen LogP contribution is 2.36. The number of aromatic nitrogens is 1. The maximum absolute atomic E-state index is 12.1. The van der Waals surface area contributed by atoms with Crippen LogP contribution in [0.5, 0.6) is 0 Å². The summed E-state index contributed by atoms with van der Waals surface area (Å²) in [5.41, 5.74) is 0.754. The number of methoxy groups -OCH3 is 1. The van der Waals surface area contributed by atoms with Crippen LogP contribution in [0, 0.1) is 5.92 Å². The van der Waals surface area contributed by atoms with Crippen molar-refractivity contribution in [3.63, 3.8) is 0 Å². The minimum Gasteiger partial charge on any atom is -0.481 e. The number of pyridine rings is 1. The first-order chi connectivity index (χ1) is 9.65. The minimum absolute atomic E-state index is 0.0339. The molecule has 0 aromatic carbocycles. The predicted octanol–water partition coefficient (Wildman–Crippen LogP) is 1.09. The SMILES string of the molecule is COCCN1C(=O)CCC(C(=O)O)C1c1cccnc1. The van der Waals surface area contributed by atoms with Crippen LogP contribution in [0.1, 0.15) is 24.4 Å². The lowest BCUT2D eigenvalue weighted by atomic mass is 9.85. The number of likely N-dealkylation sites (tertiary alicyclic amines) is 1. The Labute approximate surface area is 117 Å². The number of nitrogens with zero attached hydrogens (tertiary/aromatic N) is 2. The van der Waals surface area contributed by atoms with Crippen LogP contribution in [-0.2, 0) is 14.3 Å². The van der Waals surface area contributed by atoms with E-state index < -0.39 is 17.9 Å². The molecule has 0 radical (unpaired) electrons. The molecule has 6 nitrogen and oxygen atoms in total. The molecule has 1 aromatic rings. The Hall–Kier alpha value is -1.95. The molecular formula is C14H18N2O4. The van der Waals surface area contributed by atoms with Gasteiger partial charge in [-0.2, -0.15) is 0 Å². The summed E-state index contributed by atoms with van der Waals surface area (Å²) >= 11 is 0. The Morgan fingerprint density at radius 1 is 1.60 bits per heavy atom. The summed E-state index contributed by atoms with van der Waals surface area (Å²) in [7, 11) is 1.56. The van der Waals surface area contributed by atoms with Crippen LogP contribution in [0.25, 0.3) is 0 Å². The van der Waals surface area contributed by atoms with Crippen molar-refractivity contribution in [1.29, 1.82) is 0 Å². The molecule has 0 bridgehead atoms. The number of rotatable bonds is 5. The van der Waals surface area contributed by atoms with Crippen molar-refractivity contribution >= 4 is 11.9 Å². The summed E-state index contributed by atoms with van der Waals surface area (Å²) < 4.78 is 5.02. The second kappa shape index (κ2) is 6.47. The number of ether oxygens (including phenoxy) is 1. The van der Waals surface area contributed by atoms with Gasteiger partial charge in [-0.3, -0.25) is 14.6 Å². The third kappa shape index (κ3) is 2.96. The Morgan fingerprint density at radius 3 is 3.00 bits per heavy atom. The third-order valence-corrected chi connectivity index (χ3v) is 3.59. The highest BCUT2D eigenvalue weighted by Gasteiger charge is 2.40. The lowest BCUT2D eigenvalue weighted by Crippen LogP contribution is -2.46. The number of amides is 1. The molecule has 1 aliphatic rings. The van der Waals surface area contributed by atoms with Crippen molar-refractivity contribution in [2.24, 2.45) is 5.92 Å². The van der Waals surface area contributed by atoms with E-state index in [1.807, 2.05) is 6.07 Å². The molecule has 0 spiro atoms. The van der Waals surface area contributed by atoms with Crippen LogP contribution in [0.15, 0.2) is 24.5 Å². The molecule has 0 aliphatic carbocycles. The first kappa shape index (κ1) is 14.5. The Bertz CT molecular complexity index is 477. The van der Waals surface area contributed by atoms with E-state index in [0.717, 1.165) is 5.56 Å². The number of carbonyl (C=O) groups is 2. The van der Waals surface area contributed by atoms with Crippen LogP contribution < -0.4 is 0 Å². The van der Waals surface area contributed by atoms with E-state index in [9.17, 15) is 14.7 Å². The van der Waals surface area contributed by atoms with Crippen molar-refractivity contribution in [1.82, 2.24) is 9.88 Å². The normalized spacial score (nSPS) is 22.9. The first-order valence-electron chi connectivity index (χ1n) is 6.56. The summed E-state index contributed by atoms with van der Waals surface area (Å²) in [6.07, 6.45) is 3.87. The number of hydrogen-bond acceptors (Lipinski definition) is 4. The van der Waals surface area contributed by atoms with E-state index in [2.05, 4.69) is 4.98 Å². The zero-order valence-corrected chi connectivity index (χ0v) is 11.4. The zero-order valence-electron chi connectivity index (χ0n) is 11.4. The summed E-state index contributed by atoms with van der Waals surface area (Å²) in [4.78, 5) is 29.2. The molecule has 1 aliphatic heterocycles. The van der Waals surface area contributed by atoms with E-state index in [1.54, 1.807) is 30.5 Å². The Balaban J connectivity index is 2.33. The van der Waals surface area contributed by atoms with Gasteiger partial charge in [-0.1, -0.05) is 6.07 Å². The topological polar surface area (TPSA) is 79.7 Å². The molecule has 6 heteroatoms. The van der Waals surface area contributed by atoms with Gasteiger partial charge in [-0.25, -0.2) is 0 Å². The van der Waals surface area contributed by atoms with E-state index in [0.29, 0.717) is 19.6 Å². The average Bonchev–Trinajstić information content (AvgIpc) is 2.46. The van der Waals surface area contributed by atoms with Gasteiger partial charge in [0.15, 0.2) is 0 Å². The Kier molecular flexibility index (Phi) is 4.68. The highest BCUT2D eigenvalue weighted by atomic mass is 16.5. The monoisotopic (exact) mass is 278 g/mol. The molecule has 1 saturated heterocycles. The maximum Gasteiger partial charge on any atom is 0.308 e. The van der Waals surface area contributed by atoms with E-state index >= 15 is 0 Å². The van der Waals surface area contributed by atoms with Crippen molar-refractivity contribution in [2.45, 2.75) is 18.9 Å². The summed E-state index contributed by atoms with van der Waals surface area (Å²) in [5.74, 6) is -1.52. The molecule has 2 unspecified atom stereocenters.